The standard InChI is InChI=1S/C15H15BrN4O2/c1-9-6-10(2-3-12(9)16)20-14(21)8-19-13-4-5-18-7-11(13)15(17)22/h2-7H,8H2,1H3,(H2,17,22)(H,18,19)(H,20,21). The second-order valence-electron chi connectivity index (χ2n) is 4.65. The topological polar surface area (TPSA) is 97.1 Å². The first kappa shape index (κ1) is 16.0. The Hall–Kier alpha value is -2.41. The van der Waals surface area contributed by atoms with Gasteiger partial charge in [-0.25, -0.2) is 0 Å². The fraction of sp³-hybridized carbons (Fsp3) is 0.133. The molecule has 0 aliphatic heterocycles. The number of anilines is 2. The lowest BCUT2D eigenvalue weighted by Crippen LogP contribution is -2.23. The Morgan fingerprint density at radius 1 is 1.32 bits per heavy atom. The van der Waals surface area contributed by atoms with Gasteiger partial charge in [-0.1, -0.05) is 15.9 Å². The predicted octanol–water partition coefficient (Wildman–Crippen LogP) is 2.30. The summed E-state index contributed by atoms with van der Waals surface area (Å²) in [6.07, 6.45) is 2.88. The maximum atomic E-state index is 11.9. The summed E-state index contributed by atoms with van der Waals surface area (Å²) in [4.78, 5) is 27.0. The number of carbonyl (C=O) groups excluding carboxylic acids is 2. The molecule has 4 N–H and O–H groups in total. The summed E-state index contributed by atoms with van der Waals surface area (Å²) in [5.41, 5.74) is 7.70. The molecule has 7 heteroatoms. The number of halogens is 1. The van der Waals surface area contributed by atoms with Crippen molar-refractivity contribution in [2.75, 3.05) is 17.2 Å². The molecule has 1 heterocycles. The molecule has 0 spiro atoms. The van der Waals surface area contributed by atoms with Crippen LogP contribution in [0.4, 0.5) is 11.4 Å². The maximum absolute atomic E-state index is 11.9. The Bertz CT molecular complexity index is 718. The number of nitrogens with one attached hydrogen (secondary N) is 2. The molecule has 0 atom stereocenters. The monoisotopic (exact) mass is 362 g/mol. The smallest absolute Gasteiger partial charge is 0.252 e. The molecule has 2 rings (SSSR count). The summed E-state index contributed by atoms with van der Waals surface area (Å²) >= 11 is 3.40. The van der Waals surface area contributed by atoms with Crippen molar-refractivity contribution in [1.82, 2.24) is 4.98 Å². The minimum absolute atomic E-state index is 0.0133. The van der Waals surface area contributed by atoms with Crippen LogP contribution >= 0.6 is 15.9 Å². The van der Waals surface area contributed by atoms with Crippen LogP contribution in [0.1, 0.15) is 15.9 Å². The minimum atomic E-state index is -0.598. The van der Waals surface area contributed by atoms with E-state index in [1.807, 2.05) is 19.1 Å². The van der Waals surface area contributed by atoms with Crippen LogP contribution < -0.4 is 16.4 Å². The van der Waals surface area contributed by atoms with E-state index in [1.165, 1.54) is 12.4 Å². The highest BCUT2D eigenvalue weighted by molar-refractivity contribution is 9.10. The first-order chi connectivity index (χ1) is 10.5. The maximum Gasteiger partial charge on any atom is 0.252 e. The number of hydrogen-bond acceptors (Lipinski definition) is 4. The summed E-state index contributed by atoms with van der Waals surface area (Å²) in [7, 11) is 0. The molecule has 0 saturated carbocycles. The Kier molecular flexibility index (Phi) is 5.11. The Balaban J connectivity index is 1.98. The van der Waals surface area contributed by atoms with E-state index in [2.05, 4.69) is 31.5 Å². The summed E-state index contributed by atoms with van der Waals surface area (Å²) in [6, 6.07) is 7.13. The number of nitrogens with two attached hydrogens (primary N) is 1. The van der Waals surface area contributed by atoms with E-state index in [-0.39, 0.29) is 18.0 Å². The van der Waals surface area contributed by atoms with Crippen molar-refractivity contribution < 1.29 is 9.59 Å². The molecule has 0 saturated heterocycles. The van der Waals surface area contributed by atoms with Gasteiger partial charge in [0.25, 0.3) is 5.91 Å². The molecule has 0 fully saturated rings. The number of carbonyl (C=O) groups is 2. The second-order valence-corrected chi connectivity index (χ2v) is 5.51. The van der Waals surface area contributed by atoms with E-state index in [4.69, 9.17) is 5.73 Å². The Labute approximate surface area is 136 Å². The zero-order chi connectivity index (χ0) is 16.1. The number of amides is 2. The van der Waals surface area contributed by atoms with Gasteiger partial charge in [0.1, 0.15) is 0 Å². The van der Waals surface area contributed by atoms with Gasteiger partial charge >= 0.3 is 0 Å². The van der Waals surface area contributed by atoms with E-state index in [0.29, 0.717) is 11.4 Å². The van der Waals surface area contributed by atoms with Crippen molar-refractivity contribution in [3.8, 4) is 0 Å². The van der Waals surface area contributed by atoms with Gasteiger partial charge in [0.15, 0.2) is 0 Å². The predicted molar refractivity (Wildman–Crippen MR) is 88.8 cm³/mol. The molecule has 0 radical (unpaired) electrons. The van der Waals surface area contributed by atoms with Gasteiger partial charge in [-0.2, -0.15) is 0 Å². The molecule has 1 aromatic heterocycles. The number of aryl methyl sites for hydroxylation is 1. The van der Waals surface area contributed by atoms with Crippen molar-refractivity contribution in [3.63, 3.8) is 0 Å². The summed E-state index contributed by atoms with van der Waals surface area (Å²) in [6.45, 7) is 1.95. The van der Waals surface area contributed by atoms with Crippen LogP contribution in [0.3, 0.4) is 0 Å². The Morgan fingerprint density at radius 3 is 2.77 bits per heavy atom. The zero-order valence-electron chi connectivity index (χ0n) is 11.9. The number of nitrogens with zero attached hydrogens (tertiary/aromatic N) is 1. The molecule has 0 aliphatic carbocycles. The number of aromatic nitrogens is 1. The molecule has 6 nitrogen and oxygen atoms in total. The molecular formula is C15H15BrN4O2. The van der Waals surface area contributed by atoms with Crippen molar-refractivity contribution in [2.45, 2.75) is 6.92 Å². The van der Waals surface area contributed by atoms with Crippen LogP contribution in [-0.2, 0) is 4.79 Å². The highest BCUT2D eigenvalue weighted by atomic mass is 79.9. The largest absolute Gasteiger partial charge is 0.375 e. The molecule has 0 aliphatic rings. The van der Waals surface area contributed by atoms with Crippen molar-refractivity contribution in [3.05, 3.63) is 52.3 Å². The Morgan fingerprint density at radius 2 is 2.09 bits per heavy atom. The molecule has 2 aromatic rings. The van der Waals surface area contributed by atoms with Gasteiger partial charge < -0.3 is 16.4 Å². The number of primary amides is 1. The highest BCUT2D eigenvalue weighted by Gasteiger charge is 2.09. The average molecular weight is 363 g/mol. The summed E-state index contributed by atoms with van der Waals surface area (Å²) in [5, 5.41) is 5.65. The van der Waals surface area contributed by atoms with Crippen molar-refractivity contribution in [2.24, 2.45) is 5.73 Å². The number of pyridine rings is 1. The fourth-order valence-electron chi connectivity index (χ4n) is 1.85. The molecule has 114 valence electrons. The first-order valence-corrected chi connectivity index (χ1v) is 7.30. The molecule has 1 aromatic carbocycles. The van der Waals surface area contributed by atoms with Crippen molar-refractivity contribution in [1.29, 1.82) is 0 Å². The molecular weight excluding hydrogens is 348 g/mol. The van der Waals surface area contributed by atoms with E-state index < -0.39 is 5.91 Å². The van der Waals surface area contributed by atoms with E-state index in [0.717, 1.165) is 10.0 Å². The van der Waals surface area contributed by atoms with E-state index in [9.17, 15) is 9.59 Å². The third-order valence-electron chi connectivity index (χ3n) is 2.97. The van der Waals surface area contributed by atoms with Gasteiger partial charge in [-0.15, -0.1) is 0 Å². The second kappa shape index (κ2) is 7.04. The van der Waals surface area contributed by atoms with Gasteiger partial charge in [0.05, 0.1) is 17.8 Å². The quantitative estimate of drug-likeness (QED) is 0.759. The molecule has 0 unspecified atom stereocenters. The number of benzene rings is 1. The van der Waals surface area contributed by atoms with E-state index >= 15 is 0 Å². The highest BCUT2D eigenvalue weighted by Crippen LogP contribution is 2.20. The summed E-state index contributed by atoms with van der Waals surface area (Å²) < 4.78 is 0.978. The number of rotatable bonds is 5. The normalized spacial score (nSPS) is 10.1. The lowest BCUT2D eigenvalue weighted by atomic mass is 10.2. The lowest BCUT2D eigenvalue weighted by molar-refractivity contribution is -0.114. The van der Waals surface area contributed by atoms with Crippen LogP contribution in [0.15, 0.2) is 41.1 Å². The zero-order valence-corrected chi connectivity index (χ0v) is 13.5. The lowest BCUT2D eigenvalue weighted by Gasteiger charge is -2.10. The molecule has 22 heavy (non-hydrogen) atoms. The van der Waals surface area contributed by atoms with Gasteiger partial charge in [-0.3, -0.25) is 14.6 Å². The van der Waals surface area contributed by atoms with Gasteiger partial charge in [0.2, 0.25) is 5.91 Å². The van der Waals surface area contributed by atoms with Crippen LogP contribution in [-0.4, -0.2) is 23.3 Å². The minimum Gasteiger partial charge on any atom is -0.375 e. The molecule has 0 bridgehead atoms. The number of hydrogen-bond donors (Lipinski definition) is 3. The fourth-order valence-corrected chi connectivity index (χ4v) is 2.09. The van der Waals surface area contributed by atoms with Gasteiger partial charge in [-0.05, 0) is 36.8 Å². The van der Waals surface area contributed by atoms with E-state index in [1.54, 1.807) is 12.1 Å². The average Bonchev–Trinajstić information content (AvgIpc) is 2.49. The van der Waals surface area contributed by atoms with Gasteiger partial charge in [0, 0.05) is 22.6 Å². The molecule has 2 amide bonds. The van der Waals surface area contributed by atoms with Crippen LogP contribution in [0.25, 0.3) is 0 Å². The van der Waals surface area contributed by atoms with Crippen LogP contribution in [0.2, 0.25) is 0 Å². The van der Waals surface area contributed by atoms with Crippen LogP contribution in [0, 0.1) is 6.92 Å². The van der Waals surface area contributed by atoms with Crippen molar-refractivity contribution >= 4 is 39.1 Å². The SMILES string of the molecule is Cc1cc(NC(=O)CNc2ccncc2C(N)=O)ccc1Br. The summed E-state index contributed by atoms with van der Waals surface area (Å²) in [5.74, 6) is -0.825. The first-order valence-electron chi connectivity index (χ1n) is 6.51. The van der Waals surface area contributed by atoms with Crippen LogP contribution in [0.5, 0.6) is 0 Å². The third kappa shape index (κ3) is 4.05. The third-order valence-corrected chi connectivity index (χ3v) is 3.86.